The summed E-state index contributed by atoms with van der Waals surface area (Å²) in [6, 6.07) is 3.99. The predicted molar refractivity (Wildman–Crippen MR) is 81.0 cm³/mol. The number of aromatic nitrogens is 1. The zero-order chi connectivity index (χ0) is 14.7. The quantitative estimate of drug-likeness (QED) is 0.919. The fraction of sp³-hybridized carbons (Fsp3) is 0.688. The largest absolute Gasteiger partial charge is 0.392 e. The van der Waals surface area contributed by atoms with Crippen molar-refractivity contribution in [2.75, 3.05) is 25.1 Å². The number of methoxy groups -OCH3 is 1. The molecule has 1 fully saturated rings. The Bertz CT molecular complexity index is 448. The van der Waals surface area contributed by atoms with Gasteiger partial charge in [0.1, 0.15) is 5.82 Å². The third kappa shape index (κ3) is 3.30. The highest BCUT2D eigenvalue weighted by Crippen LogP contribution is 2.26. The SMILES string of the molecule is COC1CN(c2cc(CO)cc(C(C)C)n2)CCC1C. The van der Waals surface area contributed by atoms with Gasteiger partial charge >= 0.3 is 0 Å². The summed E-state index contributed by atoms with van der Waals surface area (Å²) in [5.74, 6) is 1.92. The van der Waals surface area contributed by atoms with E-state index in [0.717, 1.165) is 36.6 Å². The fourth-order valence-corrected chi connectivity index (χ4v) is 2.69. The predicted octanol–water partition coefficient (Wildman–Crippen LogP) is 2.56. The summed E-state index contributed by atoms with van der Waals surface area (Å²) in [7, 11) is 1.78. The molecule has 0 bridgehead atoms. The summed E-state index contributed by atoms with van der Waals surface area (Å²) < 4.78 is 5.57. The Morgan fingerprint density at radius 2 is 2.20 bits per heavy atom. The van der Waals surface area contributed by atoms with Crippen LogP contribution in [0.15, 0.2) is 12.1 Å². The first kappa shape index (κ1) is 15.3. The van der Waals surface area contributed by atoms with Gasteiger partial charge in [0, 0.05) is 25.9 Å². The zero-order valence-electron chi connectivity index (χ0n) is 13.0. The molecule has 0 radical (unpaired) electrons. The molecule has 0 spiro atoms. The maximum Gasteiger partial charge on any atom is 0.129 e. The van der Waals surface area contributed by atoms with E-state index in [-0.39, 0.29) is 12.7 Å². The van der Waals surface area contributed by atoms with Crippen molar-refractivity contribution in [1.82, 2.24) is 4.98 Å². The highest BCUT2D eigenvalue weighted by Gasteiger charge is 2.27. The summed E-state index contributed by atoms with van der Waals surface area (Å²) in [6.07, 6.45) is 1.37. The molecule has 2 unspecified atom stereocenters. The molecule has 2 rings (SSSR count). The van der Waals surface area contributed by atoms with Crippen molar-refractivity contribution in [3.63, 3.8) is 0 Å². The van der Waals surface area contributed by atoms with Crippen LogP contribution >= 0.6 is 0 Å². The molecule has 1 aromatic heterocycles. The monoisotopic (exact) mass is 278 g/mol. The van der Waals surface area contributed by atoms with Crippen LogP contribution in [0.1, 0.15) is 44.4 Å². The van der Waals surface area contributed by atoms with Crippen LogP contribution in [0.3, 0.4) is 0 Å². The number of piperidine rings is 1. The van der Waals surface area contributed by atoms with E-state index in [1.807, 2.05) is 12.1 Å². The Balaban J connectivity index is 2.25. The van der Waals surface area contributed by atoms with E-state index in [9.17, 15) is 5.11 Å². The first-order chi connectivity index (χ1) is 9.55. The summed E-state index contributed by atoms with van der Waals surface area (Å²) >= 11 is 0. The molecule has 1 aliphatic rings. The second-order valence-electron chi connectivity index (χ2n) is 6.06. The minimum Gasteiger partial charge on any atom is -0.392 e. The number of hydrogen-bond acceptors (Lipinski definition) is 4. The van der Waals surface area contributed by atoms with Gasteiger partial charge in [-0.2, -0.15) is 0 Å². The minimum atomic E-state index is 0.0627. The van der Waals surface area contributed by atoms with E-state index in [4.69, 9.17) is 9.72 Å². The summed E-state index contributed by atoms with van der Waals surface area (Å²) in [5.41, 5.74) is 1.98. The van der Waals surface area contributed by atoms with E-state index in [0.29, 0.717) is 11.8 Å². The van der Waals surface area contributed by atoms with E-state index in [1.165, 1.54) is 0 Å². The van der Waals surface area contributed by atoms with E-state index in [1.54, 1.807) is 7.11 Å². The first-order valence-electron chi connectivity index (χ1n) is 7.44. The second kappa shape index (κ2) is 6.55. The van der Waals surface area contributed by atoms with Gasteiger partial charge in [0.05, 0.1) is 12.7 Å². The van der Waals surface area contributed by atoms with Crippen molar-refractivity contribution in [2.24, 2.45) is 5.92 Å². The Hall–Kier alpha value is -1.13. The molecule has 112 valence electrons. The summed E-state index contributed by atoms with van der Waals surface area (Å²) in [6.45, 7) is 8.43. The molecular weight excluding hydrogens is 252 g/mol. The molecule has 4 nitrogen and oxygen atoms in total. The van der Waals surface area contributed by atoms with E-state index in [2.05, 4.69) is 25.7 Å². The van der Waals surface area contributed by atoms with Crippen LogP contribution in [0.5, 0.6) is 0 Å². The lowest BCUT2D eigenvalue weighted by molar-refractivity contribution is 0.0496. The molecule has 2 heterocycles. The number of rotatable bonds is 4. The molecule has 0 aromatic carbocycles. The Morgan fingerprint density at radius 3 is 2.80 bits per heavy atom. The fourth-order valence-electron chi connectivity index (χ4n) is 2.69. The van der Waals surface area contributed by atoms with Crippen LogP contribution in [0.4, 0.5) is 5.82 Å². The molecule has 0 amide bonds. The van der Waals surface area contributed by atoms with Crippen LogP contribution in [-0.2, 0) is 11.3 Å². The third-order valence-electron chi connectivity index (χ3n) is 4.18. The molecule has 1 saturated heterocycles. The lowest BCUT2D eigenvalue weighted by Gasteiger charge is -2.37. The number of nitrogens with zero attached hydrogens (tertiary/aromatic N) is 2. The minimum absolute atomic E-state index is 0.0627. The summed E-state index contributed by atoms with van der Waals surface area (Å²) in [5, 5.41) is 9.44. The maximum absolute atomic E-state index is 9.44. The van der Waals surface area contributed by atoms with Gasteiger partial charge in [-0.3, -0.25) is 0 Å². The van der Waals surface area contributed by atoms with Crippen molar-refractivity contribution in [3.8, 4) is 0 Å². The normalized spacial score (nSPS) is 23.4. The van der Waals surface area contributed by atoms with Gasteiger partial charge in [-0.1, -0.05) is 20.8 Å². The molecule has 1 aromatic rings. The Morgan fingerprint density at radius 1 is 1.45 bits per heavy atom. The molecule has 4 heteroatoms. The van der Waals surface area contributed by atoms with Crippen LogP contribution in [-0.4, -0.2) is 36.4 Å². The number of anilines is 1. The van der Waals surface area contributed by atoms with Crippen LogP contribution in [0.25, 0.3) is 0 Å². The molecule has 20 heavy (non-hydrogen) atoms. The molecule has 1 aliphatic heterocycles. The topological polar surface area (TPSA) is 45.6 Å². The second-order valence-corrected chi connectivity index (χ2v) is 6.06. The third-order valence-corrected chi connectivity index (χ3v) is 4.18. The lowest BCUT2D eigenvalue weighted by Crippen LogP contribution is -2.44. The first-order valence-corrected chi connectivity index (χ1v) is 7.44. The average Bonchev–Trinajstić information content (AvgIpc) is 2.47. The maximum atomic E-state index is 9.44. The van der Waals surface area contributed by atoms with Gasteiger partial charge in [0.2, 0.25) is 0 Å². The number of pyridine rings is 1. The van der Waals surface area contributed by atoms with Crippen molar-refractivity contribution in [3.05, 3.63) is 23.4 Å². The van der Waals surface area contributed by atoms with Gasteiger partial charge in [-0.05, 0) is 36.0 Å². The Labute approximate surface area is 121 Å². The standard InChI is InChI=1S/C16H26N2O2/c1-11(2)14-7-13(10-19)8-16(17-14)18-6-5-12(3)15(9-18)20-4/h7-8,11-12,15,19H,5-6,9-10H2,1-4H3. The Kier molecular flexibility index (Phi) is 5.00. The van der Waals surface area contributed by atoms with Crippen LogP contribution in [0.2, 0.25) is 0 Å². The van der Waals surface area contributed by atoms with E-state index >= 15 is 0 Å². The van der Waals surface area contributed by atoms with Gasteiger partial charge in [0.15, 0.2) is 0 Å². The smallest absolute Gasteiger partial charge is 0.129 e. The highest BCUT2D eigenvalue weighted by atomic mass is 16.5. The van der Waals surface area contributed by atoms with Crippen molar-refractivity contribution >= 4 is 5.82 Å². The molecular formula is C16H26N2O2. The van der Waals surface area contributed by atoms with Crippen LogP contribution in [0, 0.1) is 5.92 Å². The summed E-state index contributed by atoms with van der Waals surface area (Å²) in [4.78, 5) is 7.03. The van der Waals surface area contributed by atoms with Crippen LogP contribution < -0.4 is 4.90 Å². The van der Waals surface area contributed by atoms with Crippen molar-refractivity contribution in [2.45, 2.75) is 45.8 Å². The number of aliphatic hydroxyl groups is 1. The van der Waals surface area contributed by atoms with Gasteiger partial charge < -0.3 is 14.7 Å². The highest BCUT2D eigenvalue weighted by molar-refractivity contribution is 5.44. The lowest BCUT2D eigenvalue weighted by atomic mass is 9.95. The number of ether oxygens (including phenoxy) is 1. The number of aliphatic hydroxyl groups excluding tert-OH is 1. The number of hydrogen-bond donors (Lipinski definition) is 1. The molecule has 1 N–H and O–H groups in total. The van der Waals surface area contributed by atoms with Gasteiger partial charge in [-0.25, -0.2) is 4.98 Å². The van der Waals surface area contributed by atoms with Crippen molar-refractivity contribution in [1.29, 1.82) is 0 Å². The molecule has 2 atom stereocenters. The van der Waals surface area contributed by atoms with E-state index < -0.39 is 0 Å². The molecule has 0 aliphatic carbocycles. The van der Waals surface area contributed by atoms with Gasteiger partial charge in [-0.15, -0.1) is 0 Å². The van der Waals surface area contributed by atoms with Crippen molar-refractivity contribution < 1.29 is 9.84 Å². The molecule has 0 saturated carbocycles. The average molecular weight is 278 g/mol. The zero-order valence-corrected chi connectivity index (χ0v) is 13.0. The van der Waals surface area contributed by atoms with Gasteiger partial charge in [0.25, 0.3) is 0 Å².